The number of amides is 3. The quantitative estimate of drug-likeness (QED) is 0.226. The van der Waals surface area contributed by atoms with Gasteiger partial charge in [0.15, 0.2) is 0 Å². The van der Waals surface area contributed by atoms with Crippen molar-refractivity contribution in [2.75, 3.05) is 64.8 Å². The second-order valence-electron chi connectivity index (χ2n) is 10.5. The van der Waals surface area contributed by atoms with Gasteiger partial charge in [-0.2, -0.15) is 0 Å². The van der Waals surface area contributed by atoms with Crippen molar-refractivity contribution in [2.24, 2.45) is 0 Å². The molecule has 1 saturated heterocycles. The number of benzene rings is 3. The van der Waals surface area contributed by atoms with E-state index in [1.807, 2.05) is 54.6 Å². The molecule has 3 amide bonds. The van der Waals surface area contributed by atoms with Gasteiger partial charge in [0.25, 0.3) is 11.8 Å². The van der Waals surface area contributed by atoms with Crippen LogP contribution in [-0.2, 0) is 4.74 Å². The van der Waals surface area contributed by atoms with Crippen LogP contribution in [0.1, 0.15) is 33.6 Å². The van der Waals surface area contributed by atoms with Crippen molar-refractivity contribution in [2.45, 2.75) is 18.9 Å². The van der Waals surface area contributed by atoms with Crippen LogP contribution in [0.25, 0.3) is 11.1 Å². The Bertz CT molecular complexity index is 1340. The highest BCUT2D eigenvalue weighted by molar-refractivity contribution is 5.99. The van der Waals surface area contributed by atoms with Gasteiger partial charge < -0.3 is 30.3 Å². The van der Waals surface area contributed by atoms with Crippen LogP contribution >= 0.6 is 0 Å². The number of hydrogen-bond acceptors (Lipinski definition) is 7. The third kappa shape index (κ3) is 9.64. The van der Waals surface area contributed by atoms with E-state index in [9.17, 15) is 14.4 Å². The molecule has 0 spiro atoms. The number of aliphatic hydroxyl groups excluding tert-OH is 1. The van der Waals surface area contributed by atoms with Gasteiger partial charge in [-0.3, -0.25) is 14.9 Å². The summed E-state index contributed by atoms with van der Waals surface area (Å²) in [7, 11) is 1.76. The van der Waals surface area contributed by atoms with Crippen LogP contribution in [0.2, 0.25) is 0 Å². The molecule has 228 valence electrons. The zero-order valence-electron chi connectivity index (χ0n) is 24.6. The average Bonchev–Trinajstić information content (AvgIpc) is 3.04. The van der Waals surface area contributed by atoms with Crippen molar-refractivity contribution < 1.29 is 24.2 Å². The lowest BCUT2D eigenvalue weighted by atomic mass is 10.0. The van der Waals surface area contributed by atoms with E-state index in [0.29, 0.717) is 49.5 Å². The molecule has 0 atom stereocenters. The van der Waals surface area contributed by atoms with Crippen LogP contribution in [-0.4, -0.2) is 98.4 Å². The van der Waals surface area contributed by atoms with Crippen molar-refractivity contribution in [1.82, 2.24) is 20.4 Å². The van der Waals surface area contributed by atoms with Crippen LogP contribution in [0.3, 0.4) is 0 Å². The van der Waals surface area contributed by atoms with Crippen LogP contribution in [0.4, 0.5) is 10.5 Å². The fraction of sp³-hybridized carbons (Fsp3) is 0.364. The number of aliphatic hydroxyl groups is 1. The fourth-order valence-corrected chi connectivity index (χ4v) is 4.98. The number of ether oxygens (including phenoxy) is 1. The Morgan fingerprint density at radius 1 is 0.907 bits per heavy atom. The Hall–Kier alpha value is -4.25. The topological polar surface area (TPSA) is 123 Å². The highest BCUT2D eigenvalue weighted by Crippen LogP contribution is 2.28. The Labute approximate surface area is 253 Å². The third-order valence-electron chi connectivity index (χ3n) is 7.40. The monoisotopic (exact) mass is 587 g/mol. The van der Waals surface area contributed by atoms with E-state index >= 15 is 0 Å². The molecule has 0 radical (unpaired) electrons. The minimum absolute atomic E-state index is 0.0444. The molecule has 0 aliphatic carbocycles. The Morgan fingerprint density at radius 3 is 2.40 bits per heavy atom. The molecule has 0 unspecified atom stereocenters. The van der Waals surface area contributed by atoms with Gasteiger partial charge in [-0.05, 0) is 42.7 Å². The minimum atomic E-state index is -0.457. The number of carbonyl (C=O) groups excluding carboxylic acids is 3. The molecule has 1 aliphatic heterocycles. The van der Waals surface area contributed by atoms with Gasteiger partial charge in [0.2, 0.25) is 0 Å². The van der Waals surface area contributed by atoms with E-state index in [4.69, 9.17) is 9.84 Å². The molecule has 0 saturated carbocycles. The van der Waals surface area contributed by atoms with Gasteiger partial charge in [0, 0.05) is 69.6 Å². The number of hydrogen-bond donors (Lipinski definition) is 4. The Kier molecular flexibility index (Phi) is 12.1. The second kappa shape index (κ2) is 16.4. The summed E-state index contributed by atoms with van der Waals surface area (Å²) < 4.78 is 5.74. The van der Waals surface area contributed by atoms with Gasteiger partial charge in [-0.25, -0.2) is 4.79 Å². The first-order valence-electron chi connectivity index (χ1n) is 14.7. The molecular weight excluding hydrogens is 546 g/mol. The minimum Gasteiger partial charge on any atom is -0.446 e. The zero-order chi connectivity index (χ0) is 30.4. The molecule has 3 aromatic carbocycles. The zero-order valence-corrected chi connectivity index (χ0v) is 24.6. The number of piperidine rings is 1. The number of rotatable bonds is 13. The maximum absolute atomic E-state index is 13.0. The van der Waals surface area contributed by atoms with E-state index in [0.717, 1.165) is 37.1 Å². The number of carbonyl (C=O) groups is 3. The lowest BCUT2D eigenvalue weighted by Gasteiger charge is -2.32. The molecule has 4 rings (SSSR count). The lowest BCUT2D eigenvalue weighted by molar-refractivity contribution is 0.0540. The summed E-state index contributed by atoms with van der Waals surface area (Å²) in [5, 5.41) is 17.5. The Morgan fingerprint density at radius 2 is 1.63 bits per heavy atom. The van der Waals surface area contributed by atoms with Gasteiger partial charge in [0.05, 0.1) is 12.3 Å². The first-order valence-corrected chi connectivity index (χ1v) is 14.7. The molecular formula is C33H41N5O5. The normalized spacial score (nSPS) is 13.7. The number of nitrogens with zero attached hydrogens (tertiary/aromatic N) is 2. The predicted octanol–water partition coefficient (Wildman–Crippen LogP) is 3.45. The first-order chi connectivity index (χ1) is 20.9. The number of nitrogens with one attached hydrogen (secondary N) is 3. The van der Waals surface area contributed by atoms with Gasteiger partial charge in [-0.1, -0.05) is 54.6 Å². The van der Waals surface area contributed by atoms with Crippen molar-refractivity contribution in [3.63, 3.8) is 0 Å². The maximum atomic E-state index is 13.0. The molecule has 1 heterocycles. The maximum Gasteiger partial charge on any atom is 0.411 e. The molecule has 4 N–H and O–H groups in total. The molecule has 0 bridgehead atoms. The largest absolute Gasteiger partial charge is 0.446 e. The van der Waals surface area contributed by atoms with E-state index < -0.39 is 6.09 Å². The van der Waals surface area contributed by atoms with Crippen LogP contribution in [0.15, 0.2) is 78.9 Å². The van der Waals surface area contributed by atoms with E-state index in [-0.39, 0.29) is 24.5 Å². The molecule has 3 aromatic rings. The van der Waals surface area contributed by atoms with E-state index in [1.54, 1.807) is 36.2 Å². The summed E-state index contributed by atoms with van der Waals surface area (Å²) >= 11 is 0. The summed E-state index contributed by atoms with van der Waals surface area (Å²) in [5.74, 6) is -0.396. The van der Waals surface area contributed by atoms with Gasteiger partial charge >= 0.3 is 6.09 Å². The summed E-state index contributed by atoms with van der Waals surface area (Å²) in [4.78, 5) is 42.1. The van der Waals surface area contributed by atoms with Crippen molar-refractivity contribution in [3.8, 4) is 11.1 Å². The molecule has 10 heteroatoms. The van der Waals surface area contributed by atoms with Gasteiger partial charge in [-0.15, -0.1) is 0 Å². The highest BCUT2D eigenvalue weighted by atomic mass is 16.6. The molecule has 1 aliphatic rings. The van der Waals surface area contributed by atoms with Gasteiger partial charge in [0.1, 0.15) is 6.10 Å². The summed E-state index contributed by atoms with van der Waals surface area (Å²) in [6.07, 6.45) is 0.816. The standard InChI is InChI=1S/C33H41N5O5/c1-37(32(41)27-11-7-10-26(24-27)31(40)35-17-16-34-18-23-39)21-22-38-19-14-28(15-20-38)43-33(42)36-30-13-6-5-12-29(30)25-8-3-2-4-9-25/h2-13,24,28,34,39H,14-23H2,1H3,(H,35,40)(H,36,42). The van der Waals surface area contributed by atoms with E-state index in [2.05, 4.69) is 20.9 Å². The highest BCUT2D eigenvalue weighted by Gasteiger charge is 2.23. The molecule has 0 aromatic heterocycles. The predicted molar refractivity (Wildman–Crippen MR) is 167 cm³/mol. The fourth-order valence-electron chi connectivity index (χ4n) is 4.98. The molecule has 43 heavy (non-hydrogen) atoms. The number of para-hydroxylation sites is 1. The second-order valence-corrected chi connectivity index (χ2v) is 10.5. The van der Waals surface area contributed by atoms with Crippen molar-refractivity contribution in [1.29, 1.82) is 0 Å². The SMILES string of the molecule is CN(CCN1CCC(OC(=O)Nc2ccccc2-c2ccccc2)CC1)C(=O)c1cccc(C(=O)NCCNCCO)c1. The number of likely N-dealkylation sites (N-methyl/N-ethyl adjacent to an activating group) is 1. The van der Waals surface area contributed by atoms with Crippen LogP contribution < -0.4 is 16.0 Å². The number of likely N-dealkylation sites (tertiary alicyclic amines) is 1. The summed E-state index contributed by atoms with van der Waals surface area (Å²) in [6, 6.07) is 24.3. The lowest BCUT2D eigenvalue weighted by Crippen LogP contribution is -2.42. The Balaban J connectivity index is 1.18. The first kappa shape index (κ1) is 31.7. The van der Waals surface area contributed by atoms with E-state index in [1.165, 1.54) is 0 Å². The summed E-state index contributed by atoms with van der Waals surface area (Å²) in [5.41, 5.74) is 3.55. The van der Waals surface area contributed by atoms with Crippen molar-refractivity contribution in [3.05, 3.63) is 90.0 Å². The van der Waals surface area contributed by atoms with Crippen molar-refractivity contribution >= 4 is 23.6 Å². The summed E-state index contributed by atoms with van der Waals surface area (Å²) in [6.45, 7) is 4.26. The molecule has 1 fully saturated rings. The smallest absolute Gasteiger partial charge is 0.411 e. The molecule has 10 nitrogen and oxygen atoms in total. The number of anilines is 1. The van der Waals surface area contributed by atoms with Crippen LogP contribution in [0.5, 0.6) is 0 Å². The van der Waals surface area contributed by atoms with Crippen LogP contribution in [0, 0.1) is 0 Å². The average molecular weight is 588 g/mol. The third-order valence-corrected chi connectivity index (χ3v) is 7.40.